The van der Waals surface area contributed by atoms with Gasteiger partial charge in [-0.05, 0) is 71.5 Å². The number of rotatable bonds is 10. The molecule has 0 spiro atoms. The molecule has 1 heterocycles. The third-order valence-corrected chi connectivity index (χ3v) is 7.54. The molecule has 0 amide bonds. The number of carbonyl (C=O) groups excluding carboxylic acids is 1. The molecule has 5 rings (SSSR count). The number of carbonyl (C=O) groups is 2. The Bertz CT molecular complexity index is 1640. The zero-order chi connectivity index (χ0) is 27.2. The highest BCUT2D eigenvalue weighted by atomic mass is 32.2. The summed E-state index contributed by atoms with van der Waals surface area (Å²) < 4.78 is 14.3. The molecule has 4 aromatic carbocycles. The number of carboxylic acid groups (broad SMARTS) is 1. The Morgan fingerprint density at radius 1 is 0.821 bits per heavy atom. The average Bonchev–Trinajstić information content (AvgIpc) is 3.45. The molecule has 0 aliphatic carbocycles. The van der Waals surface area contributed by atoms with Crippen LogP contribution in [-0.4, -0.2) is 31.9 Å². The Morgan fingerprint density at radius 3 is 2.21 bits per heavy atom. The van der Waals surface area contributed by atoms with Gasteiger partial charge in [-0.25, -0.2) is 4.79 Å². The van der Waals surface area contributed by atoms with Gasteiger partial charge in [-0.3, -0.25) is 4.79 Å². The van der Waals surface area contributed by atoms with Crippen LogP contribution in [0.15, 0.2) is 108 Å². The quantitative estimate of drug-likeness (QED) is 0.114. The smallest absolute Gasteiger partial charge is 0.336 e. The largest absolute Gasteiger partial charge is 0.489 e. The van der Waals surface area contributed by atoms with Gasteiger partial charge in [0.1, 0.15) is 23.4 Å². The van der Waals surface area contributed by atoms with Crippen LogP contribution in [0.4, 0.5) is 0 Å². The predicted molar refractivity (Wildman–Crippen MR) is 155 cm³/mol. The van der Waals surface area contributed by atoms with Gasteiger partial charge < -0.3 is 9.84 Å². The molecule has 0 radical (unpaired) electrons. The Labute approximate surface area is 234 Å². The molecule has 0 saturated heterocycles. The van der Waals surface area contributed by atoms with Gasteiger partial charge in [-0.1, -0.05) is 48.5 Å². The highest BCUT2D eigenvalue weighted by Gasteiger charge is 2.24. The highest BCUT2D eigenvalue weighted by Crippen LogP contribution is 2.29. The number of Topliss-reactive ketones (excluding diaryl/α,β-unsaturated/α-hetero) is 1. The summed E-state index contributed by atoms with van der Waals surface area (Å²) in [7, 11) is 0. The number of benzene rings is 4. The third-order valence-electron chi connectivity index (χ3n) is 6.24. The van der Waals surface area contributed by atoms with Crippen molar-refractivity contribution in [1.29, 1.82) is 0 Å². The maximum absolute atomic E-state index is 13.8. The predicted octanol–water partition coefficient (Wildman–Crippen LogP) is 6.96. The summed E-state index contributed by atoms with van der Waals surface area (Å²) in [5.74, 6) is -0.822. The zero-order valence-corrected chi connectivity index (χ0v) is 22.7. The van der Waals surface area contributed by atoms with E-state index in [9.17, 15) is 14.7 Å². The maximum atomic E-state index is 13.8. The second-order valence-corrected chi connectivity index (χ2v) is 10.2. The molecule has 0 atom stereocenters. The minimum absolute atomic E-state index is 0.0479. The minimum atomic E-state index is -1.18. The van der Waals surface area contributed by atoms with Crippen molar-refractivity contribution in [2.24, 2.45) is 0 Å². The van der Waals surface area contributed by atoms with Crippen LogP contribution in [0.2, 0.25) is 0 Å². The summed E-state index contributed by atoms with van der Waals surface area (Å²) >= 11 is 2.63. The minimum Gasteiger partial charge on any atom is -0.489 e. The van der Waals surface area contributed by atoms with Gasteiger partial charge in [0.15, 0.2) is 5.78 Å². The van der Waals surface area contributed by atoms with Crippen molar-refractivity contribution in [3.05, 3.63) is 125 Å². The molecule has 194 valence electrons. The van der Waals surface area contributed by atoms with Gasteiger partial charge in [0.25, 0.3) is 0 Å². The van der Waals surface area contributed by atoms with E-state index < -0.39 is 5.97 Å². The van der Waals surface area contributed by atoms with E-state index in [1.165, 1.54) is 0 Å². The van der Waals surface area contributed by atoms with Crippen LogP contribution in [0.5, 0.6) is 5.75 Å². The van der Waals surface area contributed by atoms with E-state index in [0.717, 1.165) is 27.8 Å². The lowest BCUT2D eigenvalue weighted by molar-refractivity contribution is -0.130. The molecule has 39 heavy (non-hydrogen) atoms. The third kappa shape index (κ3) is 6.25. The SMILES string of the molecule is CSc1ccc(C(=O)C(Cc2ccc(OCc3ccccc3)cc2)=C(C(=O)O)c2ccc3nsnc3c2)cc1. The lowest BCUT2D eigenvalue weighted by atomic mass is 9.89. The highest BCUT2D eigenvalue weighted by molar-refractivity contribution is 7.98. The summed E-state index contributed by atoms with van der Waals surface area (Å²) in [5.41, 5.74) is 4.11. The fourth-order valence-electron chi connectivity index (χ4n) is 4.21. The maximum Gasteiger partial charge on any atom is 0.336 e. The van der Waals surface area contributed by atoms with Crippen LogP contribution in [0.1, 0.15) is 27.0 Å². The molecule has 8 heteroatoms. The Hall–Kier alpha value is -4.27. The number of hydrogen-bond acceptors (Lipinski definition) is 7. The zero-order valence-electron chi connectivity index (χ0n) is 21.0. The lowest BCUT2D eigenvalue weighted by Gasteiger charge is -2.14. The Kier molecular flexibility index (Phi) is 8.15. The van der Waals surface area contributed by atoms with Crippen LogP contribution >= 0.6 is 23.5 Å². The fourth-order valence-corrected chi connectivity index (χ4v) is 5.14. The van der Waals surface area contributed by atoms with Crippen molar-refractivity contribution in [2.45, 2.75) is 17.9 Å². The summed E-state index contributed by atoms with van der Waals surface area (Å²) in [6.07, 6.45) is 2.10. The molecule has 0 unspecified atom stereocenters. The van der Waals surface area contributed by atoms with Gasteiger partial charge >= 0.3 is 5.97 Å². The number of hydrogen-bond donors (Lipinski definition) is 1. The second-order valence-electron chi connectivity index (χ2n) is 8.78. The fraction of sp³-hybridized carbons (Fsp3) is 0.0968. The van der Waals surface area contributed by atoms with E-state index in [1.807, 2.05) is 73.0 Å². The van der Waals surface area contributed by atoms with E-state index >= 15 is 0 Å². The van der Waals surface area contributed by atoms with Crippen LogP contribution in [0, 0.1) is 0 Å². The van der Waals surface area contributed by atoms with Gasteiger partial charge in [0.05, 0.1) is 17.3 Å². The van der Waals surface area contributed by atoms with Crippen LogP contribution in [0.25, 0.3) is 16.6 Å². The number of fused-ring (bicyclic) bond motifs is 1. The van der Waals surface area contributed by atoms with E-state index in [1.54, 1.807) is 42.1 Å². The van der Waals surface area contributed by atoms with Crippen molar-refractivity contribution in [3.63, 3.8) is 0 Å². The standard InChI is InChI=1S/C31H24N2O4S2/c1-38-25-14-9-22(10-15-25)30(34)26(29(31(35)36)23-11-16-27-28(18-23)33-39-32-27)17-20-7-12-24(13-8-20)37-19-21-5-3-2-4-6-21/h2-16,18H,17,19H2,1H3,(H,35,36). The summed E-state index contributed by atoms with van der Waals surface area (Å²) in [6, 6.07) is 29.5. The lowest BCUT2D eigenvalue weighted by Crippen LogP contribution is -2.14. The summed E-state index contributed by atoms with van der Waals surface area (Å²) in [5, 5.41) is 10.3. The van der Waals surface area contributed by atoms with Crippen LogP contribution in [-0.2, 0) is 17.8 Å². The molecular formula is C31H24N2O4S2. The molecule has 0 aliphatic rings. The first-order valence-corrected chi connectivity index (χ1v) is 14.1. The number of ketones is 1. The Balaban J connectivity index is 1.50. The molecule has 5 aromatic rings. The van der Waals surface area contributed by atoms with Gasteiger partial charge in [-0.2, -0.15) is 8.75 Å². The second kappa shape index (κ2) is 12.1. The van der Waals surface area contributed by atoms with E-state index in [-0.39, 0.29) is 23.4 Å². The van der Waals surface area contributed by atoms with E-state index in [4.69, 9.17) is 4.74 Å². The molecule has 0 saturated carbocycles. The first kappa shape index (κ1) is 26.3. The molecule has 0 bridgehead atoms. The number of carboxylic acids is 1. The number of nitrogens with zero attached hydrogens (tertiary/aromatic N) is 2. The summed E-state index contributed by atoms with van der Waals surface area (Å²) in [6.45, 7) is 0.437. The molecular weight excluding hydrogens is 528 g/mol. The number of thioether (sulfide) groups is 1. The van der Waals surface area contributed by atoms with Crippen molar-refractivity contribution in [2.75, 3.05) is 6.26 Å². The number of aromatic nitrogens is 2. The van der Waals surface area contributed by atoms with Crippen molar-refractivity contribution in [3.8, 4) is 5.75 Å². The Morgan fingerprint density at radius 2 is 1.51 bits per heavy atom. The first-order chi connectivity index (χ1) is 19.0. The molecule has 0 fully saturated rings. The monoisotopic (exact) mass is 552 g/mol. The average molecular weight is 553 g/mol. The molecule has 6 nitrogen and oxygen atoms in total. The summed E-state index contributed by atoms with van der Waals surface area (Å²) in [4.78, 5) is 27.5. The van der Waals surface area contributed by atoms with Crippen molar-refractivity contribution < 1.29 is 19.4 Å². The first-order valence-electron chi connectivity index (χ1n) is 12.2. The number of aliphatic carboxylic acids is 1. The molecule has 1 N–H and O–H groups in total. The number of allylic oxidation sites excluding steroid dienone is 1. The van der Waals surface area contributed by atoms with Crippen molar-refractivity contribution in [1.82, 2.24) is 8.75 Å². The van der Waals surface area contributed by atoms with E-state index in [0.29, 0.717) is 34.5 Å². The van der Waals surface area contributed by atoms with Gasteiger partial charge in [0.2, 0.25) is 0 Å². The van der Waals surface area contributed by atoms with E-state index in [2.05, 4.69) is 8.75 Å². The van der Waals surface area contributed by atoms with Crippen LogP contribution < -0.4 is 4.74 Å². The molecule has 0 aliphatic heterocycles. The topological polar surface area (TPSA) is 89.4 Å². The van der Waals surface area contributed by atoms with Gasteiger partial charge in [-0.15, -0.1) is 11.8 Å². The van der Waals surface area contributed by atoms with Crippen molar-refractivity contribution >= 4 is 51.8 Å². The number of ether oxygens (including phenoxy) is 1. The normalized spacial score (nSPS) is 11.7. The van der Waals surface area contributed by atoms with Gasteiger partial charge in [0, 0.05) is 22.5 Å². The molecule has 1 aromatic heterocycles. The van der Waals surface area contributed by atoms with Crippen LogP contribution in [0.3, 0.4) is 0 Å².